The monoisotopic (exact) mass is 374 g/mol. The van der Waals surface area contributed by atoms with E-state index in [1.54, 1.807) is 31.2 Å². The third-order valence-corrected chi connectivity index (χ3v) is 6.46. The number of nitrogens with one attached hydrogen (secondary N) is 1. The Morgan fingerprint density at radius 3 is 2.42 bits per heavy atom. The van der Waals surface area contributed by atoms with E-state index in [0.717, 1.165) is 5.56 Å². The molecule has 1 saturated heterocycles. The van der Waals surface area contributed by atoms with Crippen LogP contribution >= 0.6 is 0 Å². The van der Waals surface area contributed by atoms with Crippen molar-refractivity contribution in [1.82, 2.24) is 4.31 Å². The lowest BCUT2D eigenvalue weighted by molar-refractivity contribution is 0.0730. The maximum absolute atomic E-state index is 12.9. The summed E-state index contributed by atoms with van der Waals surface area (Å²) < 4.78 is 32.5. The summed E-state index contributed by atoms with van der Waals surface area (Å²) in [5, 5.41) is 2.80. The Balaban J connectivity index is 1.88. The van der Waals surface area contributed by atoms with Crippen molar-refractivity contribution in [2.24, 2.45) is 0 Å². The lowest BCUT2D eigenvalue weighted by Crippen LogP contribution is -2.40. The summed E-state index contributed by atoms with van der Waals surface area (Å²) in [6, 6.07) is 12.2. The van der Waals surface area contributed by atoms with Gasteiger partial charge >= 0.3 is 0 Å². The van der Waals surface area contributed by atoms with E-state index in [4.69, 9.17) is 4.74 Å². The topological polar surface area (TPSA) is 75.7 Å². The van der Waals surface area contributed by atoms with Gasteiger partial charge in [-0.3, -0.25) is 4.79 Å². The first-order valence-electron chi connectivity index (χ1n) is 8.45. The molecule has 1 fully saturated rings. The highest BCUT2D eigenvalue weighted by Gasteiger charge is 2.28. The van der Waals surface area contributed by atoms with E-state index in [2.05, 4.69) is 5.32 Å². The molecule has 0 atom stereocenters. The number of carbonyl (C=O) groups excluding carboxylic acids is 1. The van der Waals surface area contributed by atoms with E-state index in [-0.39, 0.29) is 10.8 Å². The predicted octanol–water partition coefficient (Wildman–Crippen LogP) is 2.58. The van der Waals surface area contributed by atoms with Crippen molar-refractivity contribution >= 4 is 21.6 Å². The summed E-state index contributed by atoms with van der Waals surface area (Å²) in [6.45, 7) is 5.06. The lowest BCUT2D eigenvalue weighted by atomic mass is 10.1. The number of carbonyl (C=O) groups is 1. The molecule has 1 N–H and O–H groups in total. The molecule has 0 spiro atoms. The van der Waals surface area contributed by atoms with Crippen LogP contribution in [0.2, 0.25) is 0 Å². The summed E-state index contributed by atoms with van der Waals surface area (Å²) in [5.74, 6) is -0.262. The largest absolute Gasteiger partial charge is 0.379 e. The first-order valence-corrected chi connectivity index (χ1v) is 9.89. The van der Waals surface area contributed by atoms with Gasteiger partial charge in [0.2, 0.25) is 10.0 Å². The molecule has 1 heterocycles. The molecule has 0 saturated carbocycles. The SMILES string of the molecule is Cc1ccccc1C(=O)Nc1ccc(C)c(S(=O)(=O)N2CCOCC2)c1. The molecule has 2 aromatic rings. The van der Waals surface area contributed by atoms with Crippen molar-refractivity contribution in [3.05, 3.63) is 59.2 Å². The van der Waals surface area contributed by atoms with Crippen molar-refractivity contribution in [3.8, 4) is 0 Å². The van der Waals surface area contributed by atoms with E-state index >= 15 is 0 Å². The van der Waals surface area contributed by atoms with Crippen LogP contribution in [-0.2, 0) is 14.8 Å². The van der Waals surface area contributed by atoms with Gasteiger partial charge in [-0.25, -0.2) is 8.42 Å². The third-order valence-electron chi connectivity index (χ3n) is 4.42. The van der Waals surface area contributed by atoms with Crippen LogP contribution in [0.15, 0.2) is 47.4 Å². The van der Waals surface area contributed by atoms with Gasteiger partial charge in [-0.05, 0) is 43.2 Å². The van der Waals surface area contributed by atoms with Gasteiger partial charge in [0.05, 0.1) is 18.1 Å². The minimum atomic E-state index is -3.62. The third kappa shape index (κ3) is 3.80. The Labute approximate surface area is 153 Å². The van der Waals surface area contributed by atoms with Gasteiger partial charge < -0.3 is 10.1 Å². The van der Waals surface area contributed by atoms with Crippen LogP contribution in [-0.4, -0.2) is 44.9 Å². The number of hydrogen-bond donors (Lipinski definition) is 1. The summed E-state index contributed by atoms with van der Waals surface area (Å²) in [7, 11) is -3.62. The van der Waals surface area contributed by atoms with Crippen LogP contribution in [0.1, 0.15) is 21.5 Å². The Morgan fingerprint density at radius 2 is 1.73 bits per heavy atom. The molecule has 138 valence electrons. The van der Waals surface area contributed by atoms with Crippen LogP contribution in [0.4, 0.5) is 5.69 Å². The standard InChI is InChI=1S/C19H22N2O4S/c1-14-5-3-4-6-17(14)19(22)20-16-8-7-15(2)18(13-16)26(23,24)21-9-11-25-12-10-21/h3-8,13H,9-12H2,1-2H3,(H,20,22). The number of morpholine rings is 1. The van der Waals surface area contributed by atoms with E-state index in [0.29, 0.717) is 43.1 Å². The first-order chi connectivity index (χ1) is 12.4. The summed E-state index contributed by atoms with van der Waals surface area (Å²) in [6.07, 6.45) is 0. The number of aryl methyl sites for hydroxylation is 2. The zero-order chi connectivity index (χ0) is 18.7. The molecule has 26 heavy (non-hydrogen) atoms. The fourth-order valence-corrected chi connectivity index (χ4v) is 4.57. The van der Waals surface area contributed by atoms with Crippen molar-refractivity contribution in [2.45, 2.75) is 18.7 Å². The van der Waals surface area contributed by atoms with Crippen molar-refractivity contribution < 1.29 is 17.9 Å². The molecule has 1 aliphatic heterocycles. The zero-order valence-corrected chi connectivity index (χ0v) is 15.7. The van der Waals surface area contributed by atoms with Gasteiger partial charge in [-0.2, -0.15) is 4.31 Å². The van der Waals surface area contributed by atoms with Crippen LogP contribution in [0.3, 0.4) is 0 Å². The Bertz CT molecular complexity index is 919. The van der Waals surface area contributed by atoms with Gasteiger partial charge in [0.15, 0.2) is 0 Å². The summed E-state index contributed by atoms with van der Waals surface area (Å²) in [4.78, 5) is 12.7. The quantitative estimate of drug-likeness (QED) is 0.892. The first kappa shape index (κ1) is 18.6. The van der Waals surface area contributed by atoms with Crippen LogP contribution < -0.4 is 5.32 Å². The summed E-state index contributed by atoms with van der Waals surface area (Å²) in [5.41, 5.74) is 2.52. The molecule has 1 amide bonds. The molecular weight excluding hydrogens is 352 g/mol. The van der Waals surface area contributed by atoms with Gasteiger partial charge in [0.1, 0.15) is 0 Å². The molecule has 2 aromatic carbocycles. The predicted molar refractivity (Wildman–Crippen MR) is 99.9 cm³/mol. The Hall–Kier alpha value is -2.22. The smallest absolute Gasteiger partial charge is 0.255 e. The van der Waals surface area contributed by atoms with Gasteiger partial charge in [0.25, 0.3) is 5.91 Å². The van der Waals surface area contributed by atoms with Gasteiger partial charge in [-0.15, -0.1) is 0 Å². The lowest BCUT2D eigenvalue weighted by Gasteiger charge is -2.26. The van der Waals surface area contributed by atoms with Gasteiger partial charge in [0, 0.05) is 24.3 Å². The number of benzene rings is 2. The Morgan fingerprint density at radius 1 is 1.04 bits per heavy atom. The average Bonchev–Trinajstić information content (AvgIpc) is 2.64. The van der Waals surface area contributed by atoms with Gasteiger partial charge in [-0.1, -0.05) is 24.3 Å². The molecule has 6 nitrogen and oxygen atoms in total. The number of anilines is 1. The molecule has 7 heteroatoms. The van der Waals surface area contributed by atoms with E-state index in [9.17, 15) is 13.2 Å². The maximum Gasteiger partial charge on any atom is 0.255 e. The average molecular weight is 374 g/mol. The fraction of sp³-hybridized carbons (Fsp3) is 0.316. The fourth-order valence-electron chi connectivity index (χ4n) is 2.91. The van der Waals surface area contributed by atoms with E-state index in [1.165, 1.54) is 10.4 Å². The van der Waals surface area contributed by atoms with Crippen LogP contribution in [0.5, 0.6) is 0 Å². The minimum Gasteiger partial charge on any atom is -0.379 e. The zero-order valence-electron chi connectivity index (χ0n) is 14.9. The van der Waals surface area contributed by atoms with Crippen LogP contribution in [0, 0.1) is 13.8 Å². The van der Waals surface area contributed by atoms with Crippen molar-refractivity contribution in [2.75, 3.05) is 31.6 Å². The van der Waals surface area contributed by atoms with Crippen molar-refractivity contribution in [1.29, 1.82) is 0 Å². The number of sulfonamides is 1. The normalized spacial score (nSPS) is 15.6. The van der Waals surface area contributed by atoms with E-state index in [1.807, 2.05) is 19.1 Å². The van der Waals surface area contributed by atoms with E-state index < -0.39 is 10.0 Å². The second kappa shape index (κ2) is 7.57. The number of rotatable bonds is 4. The molecule has 0 bridgehead atoms. The Kier molecular flexibility index (Phi) is 5.41. The molecule has 1 aliphatic rings. The number of amides is 1. The molecule has 0 aliphatic carbocycles. The summed E-state index contributed by atoms with van der Waals surface area (Å²) >= 11 is 0. The second-order valence-electron chi connectivity index (χ2n) is 6.27. The highest BCUT2D eigenvalue weighted by Crippen LogP contribution is 2.25. The minimum absolute atomic E-state index is 0.210. The molecule has 0 unspecified atom stereocenters. The maximum atomic E-state index is 12.9. The molecule has 0 aromatic heterocycles. The molecular formula is C19H22N2O4S. The number of nitrogens with zero attached hydrogens (tertiary/aromatic N) is 1. The molecule has 0 radical (unpaired) electrons. The second-order valence-corrected chi connectivity index (χ2v) is 8.17. The van der Waals surface area contributed by atoms with Crippen molar-refractivity contribution in [3.63, 3.8) is 0 Å². The number of ether oxygens (including phenoxy) is 1. The highest BCUT2D eigenvalue weighted by molar-refractivity contribution is 7.89. The number of hydrogen-bond acceptors (Lipinski definition) is 4. The highest BCUT2D eigenvalue weighted by atomic mass is 32.2. The molecule has 3 rings (SSSR count). The van der Waals surface area contributed by atoms with Crippen LogP contribution in [0.25, 0.3) is 0 Å².